The summed E-state index contributed by atoms with van der Waals surface area (Å²) < 4.78 is 17.9. The van der Waals surface area contributed by atoms with E-state index in [4.69, 9.17) is 4.52 Å². The molecule has 1 aliphatic rings. The van der Waals surface area contributed by atoms with Gasteiger partial charge in [0.1, 0.15) is 5.82 Å². The van der Waals surface area contributed by atoms with Crippen molar-refractivity contribution < 1.29 is 13.7 Å². The number of thioether (sulfide) groups is 1. The van der Waals surface area contributed by atoms with Crippen molar-refractivity contribution in [2.45, 2.75) is 16.7 Å². The fraction of sp³-hybridized carbons (Fsp3) is 0.250. The summed E-state index contributed by atoms with van der Waals surface area (Å²) in [5.74, 6) is 0.849. The highest BCUT2D eigenvalue weighted by Gasteiger charge is 2.39. The van der Waals surface area contributed by atoms with Crippen LogP contribution in [-0.2, 0) is 4.79 Å². The molecule has 0 saturated carbocycles. The molecular formula is C20H18FN3O2S. The first-order chi connectivity index (χ1) is 13.2. The van der Waals surface area contributed by atoms with Crippen LogP contribution in [0.3, 0.4) is 0 Å². The summed E-state index contributed by atoms with van der Waals surface area (Å²) >= 11 is 1.41. The third-order valence-corrected chi connectivity index (χ3v) is 5.78. The van der Waals surface area contributed by atoms with Gasteiger partial charge in [-0.25, -0.2) is 4.39 Å². The number of nitrogens with zero attached hydrogens (tertiary/aromatic N) is 3. The van der Waals surface area contributed by atoms with E-state index in [9.17, 15) is 9.18 Å². The van der Waals surface area contributed by atoms with Crippen molar-refractivity contribution in [3.63, 3.8) is 0 Å². The zero-order valence-corrected chi connectivity index (χ0v) is 15.3. The number of rotatable bonds is 5. The highest BCUT2D eigenvalue weighted by atomic mass is 32.2. The number of halogens is 1. The Kier molecular flexibility index (Phi) is 5.20. The summed E-state index contributed by atoms with van der Waals surface area (Å²) in [6, 6.07) is 16.3. The number of carbonyl (C=O) groups is 1. The Balaban J connectivity index is 1.47. The number of aromatic nitrogens is 2. The quantitative estimate of drug-likeness (QED) is 0.629. The number of carbonyl (C=O) groups excluding carboxylic acids is 1. The third-order valence-electron chi connectivity index (χ3n) is 4.79. The van der Waals surface area contributed by atoms with Crippen LogP contribution in [0.4, 0.5) is 4.39 Å². The van der Waals surface area contributed by atoms with Gasteiger partial charge in [0, 0.05) is 29.8 Å². The molecule has 2 heterocycles. The van der Waals surface area contributed by atoms with Crippen LogP contribution in [0.15, 0.2) is 70.4 Å². The Hall–Kier alpha value is -2.67. The molecule has 1 amide bonds. The molecule has 2 aromatic carbocycles. The average molecular weight is 383 g/mol. The molecule has 138 valence electrons. The predicted octanol–water partition coefficient (Wildman–Crippen LogP) is 3.71. The molecule has 0 aliphatic carbocycles. The molecule has 1 fully saturated rings. The van der Waals surface area contributed by atoms with Crippen LogP contribution < -0.4 is 0 Å². The monoisotopic (exact) mass is 383 g/mol. The van der Waals surface area contributed by atoms with E-state index in [1.54, 1.807) is 12.1 Å². The van der Waals surface area contributed by atoms with Crippen molar-refractivity contribution >= 4 is 17.7 Å². The molecule has 0 bridgehead atoms. The first-order valence-corrected chi connectivity index (χ1v) is 9.66. The maximum Gasteiger partial charge on any atom is 0.232 e. The molecule has 0 spiro atoms. The SMILES string of the molecule is O=C(CSc1ccc(F)cc1)N1C[C@H](c2ccccc2)[C@H](c2ncon2)C1. The minimum absolute atomic E-state index is 0.00548. The average Bonchev–Trinajstić information content (AvgIpc) is 3.37. The topological polar surface area (TPSA) is 59.2 Å². The standard InChI is InChI=1S/C20H18FN3O2S/c21-15-6-8-16(9-7-15)27-12-19(25)24-10-17(14-4-2-1-3-5-14)18(11-24)20-22-13-26-23-20/h1-9,13,17-18H,10-12H2/t17-,18-/m1/s1. The van der Waals surface area contributed by atoms with E-state index in [-0.39, 0.29) is 23.6 Å². The molecule has 0 radical (unpaired) electrons. The van der Waals surface area contributed by atoms with Gasteiger partial charge in [-0.1, -0.05) is 35.5 Å². The zero-order valence-electron chi connectivity index (χ0n) is 14.5. The van der Waals surface area contributed by atoms with Crippen LogP contribution >= 0.6 is 11.8 Å². The van der Waals surface area contributed by atoms with Crippen LogP contribution in [-0.4, -0.2) is 39.8 Å². The van der Waals surface area contributed by atoms with Crippen LogP contribution in [0.2, 0.25) is 0 Å². The maximum atomic E-state index is 13.0. The summed E-state index contributed by atoms with van der Waals surface area (Å²) in [7, 11) is 0. The molecule has 0 unspecified atom stereocenters. The second kappa shape index (κ2) is 7.92. The molecule has 2 atom stereocenters. The highest BCUT2D eigenvalue weighted by molar-refractivity contribution is 8.00. The van der Waals surface area contributed by atoms with Gasteiger partial charge >= 0.3 is 0 Å². The molecule has 0 N–H and O–H groups in total. The normalized spacial score (nSPS) is 19.4. The van der Waals surface area contributed by atoms with Gasteiger partial charge in [0.2, 0.25) is 12.3 Å². The predicted molar refractivity (Wildman–Crippen MR) is 99.9 cm³/mol. The largest absolute Gasteiger partial charge is 0.343 e. The molecule has 1 aliphatic heterocycles. The molecule has 4 rings (SSSR count). The molecule has 27 heavy (non-hydrogen) atoms. The van der Waals surface area contributed by atoms with Crippen molar-refractivity contribution in [2.75, 3.05) is 18.8 Å². The number of benzene rings is 2. The lowest BCUT2D eigenvalue weighted by Crippen LogP contribution is -2.30. The Bertz CT molecular complexity index is 887. The highest BCUT2D eigenvalue weighted by Crippen LogP contribution is 2.38. The Labute approximate surface area is 160 Å². The summed E-state index contributed by atoms with van der Waals surface area (Å²) in [5, 5.41) is 4.00. The molecule has 3 aromatic rings. The minimum Gasteiger partial charge on any atom is -0.343 e. The minimum atomic E-state index is -0.279. The van der Waals surface area contributed by atoms with Crippen LogP contribution in [0, 0.1) is 5.82 Å². The second-order valence-electron chi connectivity index (χ2n) is 6.45. The van der Waals surface area contributed by atoms with E-state index >= 15 is 0 Å². The summed E-state index contributed by atoms with van der Waals surface area (Å²) in [5.41, 5.74) is 1.16. The fourth-order valence-corrected chi connectivity index (χ4v) is 4.22. The molecular weight excluding hydrogens is 365 g/mol. The number of hydrogen-bond donors (Lipinski definition) is 0. The molecule has 7 heteroatoms. The van der Waals surface area contributed by atoms with E-state index in [0.717, 1.165) is 10.5 Å². The molecule has 1 aromatic heterocycles. The van der Waals surface area contributed by atoms with Gasteiger partial charge < -0.3 is 9.42 Å². The lowest BCUT2D eigenvalue weighted by Gasteiger charge is -2.16. The van der Waals surface area contributed by atoms with Gasteiger partial charge in [-0.15, -0.1) is 11.8 Å². The number of hydrogen-bond acceptors (Lipinski definition) is 5. The van der Waals surface area contributed by atoms with Crippen molar-refractivity contribution in [2.24, 2.45) is 0 Å². The van der Waals surface area contributed by atoms with Crippen LogP contribution in [0.25, 0.3) is 0 Å². The van der Waals surface area contributed by atoms with Gasteiger partial charge in [0.15, 0.2) is 5.82 Å². The van der Waals surface area contributed by atoms with Gasteiger partial charge in [0.25, 0.3) is 0 Å². The lowest BCUT2D eigenvalue weighted by atomic mass is 9.88. The third kappa shape index (κ3) is 4.03. The Morgan fingerprint density at radius 2 is 1.85 bits per heavy atom. The summed E-state index contributed by atoms with van der Waals surface area (Å²) in [6.07, 6.45) is 1.33. The van der Waals surface area contributed by atoms with Crippen LogP contribution in [0.5, 0.6) is 0 Å². The first-order valence-electron chi connectivity index (χ1n) is 8.68. The second-order valence-corrected chi connectivity index (χ2v) is 7.50. The van der Waals surface area contributed by atoms with E-state index in [2.05, 4.69) is 22.3 Å². The number of amides is 1. The molecule has 1 saturated heterocycles. The summed E-state index contributed by atoms with van der Waals surface area (Å²) in [4.78, 5) is 19.7. The Morgan fingerprint density at radius 1 is 1.11 bits per heavy atom. The Morgan fingerprint density at radius 3 is 2.56 bits per heavy atom. The van der Waals surface area contributed by atoms with E-state index in [1.807, 2.05) is 23.1 Å². The van der Waals surface area contributed by atoms with Gasteiger partial charge in [-0.3, -0.25) is 4.79 Å². The van der Waals surface area contributed by atoms with Gasteiger partial charge in [-0.05, 0) is 29.8 Å². The van der Waals surface area contributed by atoms with Crippen molar-refractivity contribution in [3.8, 4) is 0 Å². The zero-order chi connectivity index (χ0) is 18.6. The maximum absolute atomic E-state index is 13.0. The van der Waals surface area contributed by atoms with Crippen molar-refractivity contribution in [1.82, 2.24) is 15.0 Å². The number of likely N-dealkylation sites (tertiary alicyclic amines) is 1. The first kappa shape index (κ1) is 17.7. The summed E-state index contributed by atoms with van der Waals surface area (Å²) in [6.45, 7) is 1.17. The lowest BCUT2D eigenvalue weighted by molar-refractivity contribution is -0.127. The van der Waals surface area contributed by atoms with E-state index in [0.29, 0.717) is 24.7 Å². The van der Waals surface area contributed by atoms with Crippen LogP contribution in [0.1, 0.15) is 23.2 Å². The van der Waals surface area contributed by atoms with Crippen molar-refractivity contribution in [1.29, 1.82) is 0 Å². The van der Waals surface area contributed by atoms with Gasteiger partial charge in [-0.2, -0.15) is 4.98 Å². The van der Waals surface area contributed by atoms with Gasteiger partial charge in [0.05, 0.1) is 5.75 Å². The smallest absolute Gasteiger partial charge is 0.232 e. The van der Waals surface area contributed by atoms with E-state index < -0.39 is 0 Å². The van der Waals surface area contributed by atoms with Crippen molar-refractivity contribution in [3.05, 3.63) is 78.2 Å². The molecule has 5 nitrogen and oxygen atoms in total. The fourth-order valence-electron chi connectivity index (χ4n) is 3.42. The van der Waals surface area contributed by atoms with E-state index in [1.165, 1.54) is 30.3 Å².